The van der Waals surface area contributed by atoms with Gasteiger partial charge in [0.05, 0.1) is 0 Å². The fourth-order valence-electron chi connectivity index (χ4n) is 1.02. The van der Waals surface area contributed by atoms with Crippen LogP contribution in [0.3, 0.4) is 0 Å². The third-order valence-electron chi connectivity index (χ3n) is 1.71. The smallest absolute Gasteiger partial charge is 0.125 e. The molecule has 0 bridgehead atoms. The maximum atomic E-state index is 12.7. The molecular formula is C11H14FN. The number of rotatable bonds is 4. The predicted molar refractivity (Wildman–Crippen MR) is 54.3 cm³/mol. The van der Waals surface area contributed by atoms with Crippen molar-refractivity contribution in [3.05, 3.63) is 42.2 Å². The highest BCUT2D eigenvalue weighted by Gasteiger charge is 1.93. The predicted octanol–water partition coefficient (Wildman–Crippen LogP) is 3.20. The van der Waals surface area contributed by atoms with E-state index in [1.807, 2.05) is 13.0 Å². The Morgan fingerprint density at radius 1 is 1.54 bits per heavy atom. The molecule has 70 valence electrons. The van der Waals surface area contributed by atoms with E-state index in [1.165, 1.54) is 12.1 Å². The highest BCUT2D eigenvalue weighted by molar-refractivity contribution is 5.42. The molecule has 0 aromatic heterocycles. The molecule has 0 heterocycles. The van der Waals surface area contributed by atoms with Crippen LogP contribution in [0.2, 0.25) is 0 Å². The lowest BCUT2D eigenvalue weighted by Crippen LogP contribution is -2.01. The first-order valence-electron chi connectivity index (χ1n) is 4.32. The van der Waals surface area contributed by atoms with Crippen LogP contribution in [-0.4, -0.2) is 6.54 Å². The van der Waals surface area contributed by atoms with Gasteiger partial charge in [0.2, 0.25) is 0 Å². The van der Waals surface area contributed by atoms with Crippen molar-refractivity contribution in [2.75, 3.05) is 11.9 Å². The molecule has 0 amide bonds. The van der Waals surface area contributed by atoms with E-state index in [0.29, 0.717) is 0 Å². The number of anilines is 1. The van der Waals surface area contributed by atoms with Crippen molar-refractivity contribution in [2.45, 2.75) is 13.3 Å². The highest BCUT2D eigenvalue weighted by atomic mass is 19.1. The lowest BCUT2D eigenvalue weighted by atomic mass is 10.2. The molecule has 1 nitrogen and oxygen atoms in total. The second kappa shape index (κ2) is 4.65. The number of hydrogen-bond donors (Lipinski definition) is 1. The average molecular weight is 179 g/mol. The van der Waals surface area contributed by atoms with E-state index in [0.717, 1.165) is 24.2 Å². The van der Waals surface area contributed by atoms with Crippen LogP contribution in [0.1, 0.15) is 13.3 Å². The lowest BCUT2D eigenvalue weighted by molar-refractivity contribution is 0.628. The standard InChI is InChI=1S/C11H14FN/c1-9(2)6-7-13-11-5-3-4-10(12)8-11/h3-5,8,13H,1,6-7H2,2H3. The Kier molecular flexibility index (Phi) is 3.50. The molecule has 2 heteroatoms. The Morgan fingerprint density at radius 3 is 2.92 bits per heavy atom. The summed E-state index contributed by atoms with van der Waals surface area (Å²) in [7, 11) is 0. The molecule has 0 radical (unpaired) electrons. The molecular weight excluding hydrogens is 165 g/mol. The van der Waals surface area contributed by atoms with Gasteiger partial charge in [-0.2, -0.15) is 0 Å². The molecule has 0 fully saturated rings. The van der Waals surface area contributed by atoms with Gasteiger partial charge in [-0.1, -0.05) is 11.6 Å². The van der Waals surface area contributed by atoms with Crippen molar-refractivity contribution in [2.24, 2.45) is 0 Å². The number of hydrogen-bond acceptors (Lipinski definition) is 1. The maximum Gasteiger partial charge on any atom is 0.125 e. The molecule has 0 atom stereocenters. The first kappa shape index (κ1) is 9.78. The van der Waals surface area contributed by atoms with Crippen molar-refractivity contribution in [3.8, 4) is 0 Å². The van der Waals surface area contributed by atoms with Gasteiger partial charge in [-0.3, -0.25) is 0 Å². The van der Waals surface area contributed by atoms with Crippen LogP contribution in [0.5, 0.6) is 0 Å². The van der Waals surface area contributed by atoms with Crippen LogP contribution >= 0.6 is 0 Å². The van der Waals surface area contributed by atoms with E-state index >= 15 is 0 Å². The van der Waals surface area contributed by atoms with E-state index < -0.39 is 0 Å². The maximum absolute atomic E-state index is 12.7. The molecule has 0 saturated heterocycles. The molecule has 0 spiro atoms. The van der Waals surface area contributed by atoms with Gasteiger partial charge in [-0.15, -0.1) is 6.58 Å². The summed E-state index contributed by atoms with van der Waals surface area (Å²) in [5, 5.41) is 3.12. The van der Waals surface area contributed by atoms with Gasteiger partial charge in [0.15, 0.2) is 0 Å². The van der Waals surface area contributed by atoms with Crippen LogP contribution in [0, 0.1) is 5.82 Å². The van der Waals surface area contributed by atoms with Gasteiger partial charge in [0, 0.05) is 12.2 Å². The van der Waals surface area contributed by atoms with Gasteiger partial charge in [0.25, 0.3) is 0 Å². The summed E-state index contributed by atoms with van der Waals surface area (Å²) in [4.78, 5) is 0. The fourth-order valence-corrected chi connectivity index (χ4v) is 1.02. The third kappa shape index (κ3) is 3.74. The Hall–Kier alpha value is -1.31. The van der Waals surface area contributed by atoms with Gasteiger partial charge >= 0.3 is 0 Å². The SMILES string of the molecule is C=C(C)CCNc1cccc(F)c1. The lowest BCUT2D eigenvalue weighted by Gasteiger charge is -2.05. The molecule has 0 saturated carbocycles. The summed E-state index contributed by atoms with van der Waals surface area (Å²) in [6.07, 6.45) is 0.913. The number of nitrogens with one attached hydrogen (secondary N) is 1. The summed E-state index contributed by atoms with van der Waals surface area (Å²) >= 11 is 0. The van der Waals surface area contributed by atoms with Crippen molar-refractivity contribution in [1.29, 1.82) is 0 Å². The zero-order valence-corrected chi connectivity index (χ0v) is 7.81. The zero-order valence-electron chi connectivity index (χ0n) is 7.81. The summed E-state index contributed by atoms with van der Waals surface area (Å²) in [6.45, 7) is 6.57. The Bertz CT molecular complexity index is 294. The van der Waals surface area contributed by atoms with Gasteiger partial charge in [-0.05, 0) is 31.5 Å². The minimum atomic E-state index is -0.208. The topological polar surface area (TPSA) is 12.0 Å². The second-order valence-corrected chi connectivity index (χ2v) is 3.14. The molecule has 0 aliphatic heterocycles. The summed E-state index contributed by atoms with van der Waals surface area (Å²) in [5.41, 5.74) is 1.95. The van der Waals surface area contributed by atoms with E-state index in [9.17, 15) is 4.39 Å². The van der Waals surface area contributed by atoms with Crippen molar-refractivity contribution in [3.63, 3.8) is 0 Å². The minimum Gasteiger partial charge on any atom is -0.385 e. The molecule has 1 aromatic carbocycles. The van der Waals surface area contributed by atoms with Crippen LogP contribution in [-0.2, 0) is 0 Å². The molecule has 1 aromatic rings. The van der Waals surface area contributed by atoms with Crippen molar-refractivity contribution < 1.29 is 4.39 Å². The van der Waals surface area contributed by atoms with E-state index in [2.05, 4.69) is 11.9 Å². The molecule has 13 heavy (non-hydrogen) atoms. The molecule has 1 N–H and O–H groups in total. The van der Waals surface area contributed by atoms with Crippen LogP contribution < -0.4 is 5.32 Å². The van der Waals surface area contributed by atoms with Crippen molar-refractivity contribution >= 4 is 5.69 Å². The third-order valence-corrected chi connectivity index (χ3v) is 1.71. The molecule has 0 aliphatic rings. The van der Waals surface area contributed by atoms with E-state index in [1.54, 1.807) is 6.07 Å². The van der Waals surface area contributed by atoms with Gasteiger partial charge in [0.1, 0.15) is 5.82 Å². The number of halogens is 1. The molecule has 0 aliphatic carbocycles. The van der Waals surface area contributed by atoms with Crippen LogP contribution in [0.25, 0.3) is 0 Å². The van der Waals surface area contributed by atoms with Crippen LogP contribution in [0.15, 0.2) is 36.4 Å². The second-order valence-electron chi connectivity index (χ2n) is 3.14. The first-order valence-corrected chi connectivity index (χ1v) is 4.32. The molecule has 0 unspecified atom stereocenters. The fraction of sp³-hybridized carbons (Fsp3) is 0.273. The minimum absolute atomic E-state index is 0.208. The summed E-state index contributed by atoms with van der Waals surface area (Å²) in [6, 6.07) is 6.46. The number of benzene rings is 1. The monoisotopic (exact) mass is 179 g/mol. The first-order chi connectivity index (χ1) is 6.18. The zero-order chi connectivity index (χ0) is 9.68. The van der Waals surface area contributed by atoms with E-state index in [4.69, 9.17) is 0 Å². The van der Waals surface area contributed by atoms with Crippen molar-refractivity contribution in [1.82, 2.24) is 0 Å². The quantitative estimate of drug-likeness (QED) is 0.700. The van der Waals surface area contributed by atoms with Gasteiger partial charge in [-0.25, -0.2) is 4.39 Å². The largest absolute Gasteiger partial charge is 0.385 e. The average Bonchev–Trinajstić information content (AvgIpc) is 2.03. The van der Waals surface area contributed by atoms with Gasteiger partial charge < -0.3 is 5.32 Å². The highest BCUT2D eigenvalue weighted by Crippen LogP contribution is 2.09. The summed E-state index contributed by atoms with van der Waals surface area (Å²) < 4.78 is 12.7. The Labute approximate surface area is 78.3 Å². The Morgan fingerprint density at radius 2 is 2.31 bits per heavy atom. The normalized spacial score (nSPS) is 9.69. The summed E-state index contributed by atoms with van der Waals surface area (Å²) in [5.74, 6) is -0.208. The van der Waals surface area contributed by atoms with Crippen LogP contribution in [0.4, 0.5) is 10.1 Å². The molecule has 1 rings (SSSR count). The van der Waals surface area contributed by atoms with E-state index in [-0.39, 0.29) is 5.82 Å². The Balaban J connectivity index is 2.41.